The molecule has 3 heteroatoms. The van der Waals surface area contributed by atoms with Crippen molar-refractivity contribution in [3.63, 3.8) is 0 Å². The van der Waals surface area contributed by atoms with Crippen molar-refractivity contribution in [2.24, 2.45) is 0 Å². The van der Waals surface area contributed by atoms with Crippen LogP contribution in [-0.4, -0.2) is 4.98 Å². The van der Waals surface area contributed by atoms with Crippen molar-refractivity contribution >= 4 is 11.0 Å². The molecule has 0 saturated heterocycles. The summed E-state index contributed by atoms with van der Waals surface area (Å²) in [4.78, 5) is 8.02. The van der Waals surface area contributed by atoms with E-state index in [0.717, 1.165) is 11.0 Å². The van der Waals surface area contributed by atoms with Crippen LogP contribution in [0.2, 0.25) is 0 Å². The summed E-state index contributed by atoms with van der Waals surface area (Å²) in [7, 11) is 0. The third-order valence-electron chi connectivity index (χ3n) is 1.28. The SMILES string of the molecule is [Cu+].c1ccc2[n-]cnc2c1. The molecule has 0 N–H and O–H groups in total. The summed E-state index contributed by atoms with van der Waals surface area (Å²) >= 11 is 0. The van der Waals surface area contributed by atoms with Crippen molar-refractivity contribution in [2.75, 3.05) is 0 Å². The predicted octanol–water partition coefficient (Wildman–Crippen LogP) is 1.19. The fourth-order valence-electron chi connectivity index (χ4n) is 0.836. The number of hydrogen-bond donors (Lipinski definition) is 0. The Morgan fingerprint density at radius 2 is 2.00 bits per heavy atom. The van der Waals surface area contributed by atoms with Gasteiger partial charge in [-0.2, -0.15) is 0 Å². The van der Waals surface area contributed by atoms with Gasteiger partial charge in [0.25, 0.3) is 0 Å². The van der Waals surface area contributed by atoms with Crippen molar-refractivity contribution in [2.45, 2.75) is 0 Å². The molecule has 1 heterocycles. The van der Waals surface area contributed by atoms with Crippen LogP contribution in [0.4, 0.5) is 0 Å². The molecular weight excluding hydrogens is 176 g/mol. The average Bonchev–Trinajstić information content (AvgIpc) is 2.33. The summed E-state index contributed by atoms with van der Waals surface area (Å²) in [6.45, 7) is 0. The zero-order valence-electron chi connectivity index (χ0n) is 5.08. The van der Waals surface area contributed by atoms with Gasteiger partial charge in [0.05, 0.1) is 0 Å². The third kappa shape index (κ3) is 1.06. The maximum atomic E-state index is 4.01. The van der Waals surface area contributed by atoms with E-state index in [1.54, 1.807) is 6.33 Å². The Balaban J connectivity index is 0.000000500. The number of nitrogens with zero attached hydrogens (tertiary/aromatic N) is 2. The van der Waals surface area contributed by atoms with Crippen molar-refractivity contribution in [1.29, 1.82) is 0 Å². The van der Waals surface area contributed by atoms with Crippen LogP contribution in [0.3, 0.4) is 0 Å². The number of benzene rings is 1. The van der Waals surface area contributed by atoms with Crippen LogP contribution in [-0.2, 0) is 17.1 Å². The van der Waals surface area contributed by atoms with Gasteiger partial charge in [0.2, 0.25) is 0 Å². The molecule has 2 aromatic rings. The minimum absolute atomic E-state index is 0. The number of hydrogen-bond acceptors (Lipinski definition) is 1. The molecule has 0 unspecified atom stereocenters. The second-order valence-corrected chi connectivity index (χ2v) is 1.86. The maximum absolute atomic E-state index is 4.01. The van der Waals surface area contributed by atoms with Gasteiger partial charge in [-0.15, -0.1) is 0 Å². The molecule has 0 amide bonds. The minimum Gasteiger partial charge on any atom is -0.443 e. The van der Waals surface area contributed by atoms with E-state index in [9.17, 15) is 0 Å². The monoisotopic (exact) mass is 180 g/mol. The summed E-state index contributed by atoms with van der Waals surface area (Å²) in [6.07, 6.45) is 1.57. The first-order valence-corrected chi connectivity index (χ1v) is 2.79. The zero-order valence-corrected chi connectivity index (χ0v) is 6.02. The molecule has 2 nitrogen and oxygen atoms in total. The molecule has 0 bridgehead atoms. The van der Waals surface area contributed by atoms with Crippen LogP contribution in [0.5, 0.6) is 0 Å². The van der Waals surface area contributed by atoms with Crippen LogP contribution in [0.25, 0.3) is 11.0 Å². The molecule has 1 aromatic heterocycles. The van der Waals surface area contributed by atoms with Gasteiger partial charge in [-0.3, -0.25) is 0 Å². The number of aromatic nitrogens is 2. The first kappa shape index (κ1) is 7.32. The van der Waals surface area contributed by atoms with E-state index in [0.29, 0.717) is 0 Å². The summed E-state index contributed by atoms with van der Waals surface area (Å²) < 4.78 is 0. The van der Waals surface area contributed by atoms with Gasteiger partial charge < -0.3 is 9.97 Å². The van der Waals surface area contributed by atoms with E-state index < -0.39 is 0 Å². The zero-order chi connectivity index (χ0) is 6.10. The Kier molecular flexibility index (Phi) is 2.09. The topological polar surface area (TPSA) is 27.0 Å². The van der Waals surface area contributed by atoms with Crippen LogP contribution in [0, 0.1) is 0 Å². The van der Waals surface area contributed by atoms with E-state index in [2.05, 4.69) is 9.97 Å². The Hall–Kier alpha value is -0.791. The normalized spacial score (nSPS) is 9.20. The number of rotatable bonds is 0. The Labute approximate surface area is 69.1 Å². The van der Waals surface area contributed by atoms with E-state index in [4.69, 9.17) is 0 Å². The van der Waals surface area contributed by atoms with Gasteiger partial charge in [0.1, 0.15) is 0 Å². The van der Waals surface area contributed by atoms with Crippen molar-refractivity contribution in [1.82, 2.24) is 9.97 Å². The predicted molar refractivity (Wildman–Crippen MR) is 35.1 cm³/mol. The molecular formula is C7H5CuN2. The molecule has 0 aliphatic heterocycles. The van der Waals surface area contributed by atoms with Crippen LogP contribution in [0.15, 0.2) is 30.6 Å². The summed E-state index contributed by atoms with van der Waals surface area (Å²) in [6, 6.07) is 7.80. The van der Waals surface area contributed by atoms with Gasteiger partial charge in [-0.1, -0.05) is 30.6 Å². The summed E-state index contributed by atoms with van der Waals surface area (Å²) in [5, 5.41) is 0. The number of imidazole rings is 1. The molecule has 2 rings (SSSR count). The van der Waals surface area contributed by atoms with Crippen molar-refractivity contribution in [3.8, 4) is 0 Å². The fourth-order valence-corrected chi connectivity index (χ4v) is 0.836. The van der Waals surface area contributed by atoms with Gasteiger partial charge in [-0.25, -0.2) is 0 Å². The fraction of sp³-hybridized carbons (Fsp3) is 0. The molecule has 0 radical (unpaired) electrons. The van der Waals surface area contributed by atoms with E-state index in [1.165, 1.54) is 0 Å². The third-order valence-corrected chi connectivity index (χ3v) is 1.28. The Bertz CT molecular complexity index is 286. The van der Waals surface area contributed by atoms with Gasteiger partial charge in [-0.05, 0) is 11.0 Å². The van der Waals surface area contributed by atoms with E-state index in [1.807, 2.05) is 24.3 Å². The summed E-state index contributed by atoms with van der Waals surface area (Å²) in [5.74, 6) is 0. The first-order chi connectivity index (χ1) is 4.47. The second kappa shape index (κ2) is 2.86. The summed E-state index contributed by atoms with van der Waals surface area (Å²) in [5.41, 5.74) is 1.94. The number of fused-ring (bicyclic) bond motifs is 1. The Morgan fingerprint density at radius 1 is 1.20 bits per heavy atom. The first-order valence-electron chi connectivity index (χ1n) is 2.79. The van der Waals surface area contributed by atoms with Gasteiger partial charge >= 0.3 is 17.1 Å². The van der Waals surface area contributed by atoms with Crippen LogP contribution >= 0.6 is 0 Å². The van der Waals surface area contributed by atoms with Crippen LogP contribution in [0.1, 0.15) is 0 Å². The molecule has 0 aliphatic carbocycles. The molecule has 0 fully saturated rings. The quantitative estimate of drug-likeness (QED) is 0.570. The molecule has 0 aliphatic rings. The molecule has 10 heavy (non-hydrogen) atoms. The average molecular weight is 181 g/mol. The number of para-hydroxylation sites is 2. The van der Waals surface area contributed by atoms with Crippen molar-refractivity contribution in [3.05, 3.63) is 30.6 Å². The van der Waals surface area contributed by atoms with E-state index in [-0.39, 0.29) is 17.1 Å². The molecule has 0 spiro atoms. The second-order valence-electron chi connectivity index (χ2n) is 1.86. The van der Waals surface area contributed by atoms with E-state index >= 15 is 0 Å². The van der Waals surface area contributed by atoms with Crippen LogP contribution < -0.4 is 4.98 Å². The molecule has 0 saturated carbocycles. The van der Waals surface area contributed by atoms with Crippen molar-refractivity contribution < 1.29 is 17.1 Å². The molecule has 1 aromatic carbocycles. The molecule has 0 atom stereocenters. The Morgan fingerprint density at radius 3 is 2.80 bits per heavy atom. The largest absolute Gasteiger partial charge is 1.00 e. The maximum Gasteiger partial charge on any atom is 1.00 e. The molecule has 54 valence electrons. The van der Waals surface area contributed by atoms with Gasteiger partial charge in [0, 0.05) is 0 Å². The smallest absolute Gasteiger partial charge is 0.443 e. The van der Waals surface area contributed by atoms with Gasteiger partial charge in [0.15, 0.2) is 0 Å². The standard InChI is InChI=1S/C7H5N2.Cu/c1-2-4-7-6(3-1)8-5-9-7;/h1-5H;/q-1;+1. The minimum atomic E-state index is 0.